The Labute approximate surface area is 116 Å². The van der Waals surface area contributed by atoms with Crippen LogP contribution in [0.25, 0.3) is 11.0 Å². The van der Waals surface area contributed by atoms with Crippen molar-refractivity contribution in [2.45, 2.75) is 19.8 Å². The third-order valence-electron chi connectivity index (χ3n) is 3.10. The van der Waals surface area contributed by atoms with Crippen LogP contribution >= 0.6 is 0 Å². The molecule has 0 saturated heterocycles. The number of ether oxygens (including phenoxy) is 1. The lowest BCUT2D eigenvalue weighted by Crippen LogP contribution is -1.91. The van der Waals surface area contributed by atoms with E-state index >= 15 is 0 Å². The van der Waals surface area contributed by atoms with Crippen molar-refractivity contribution in [3.05, 3.63) is 42.0 Å². The Hall–Kier alpha value is -2.56. The molecule has 0 atom stereocenters. The Morgan fingerprint density at radius 3 is 2.55 bits per heavy atom. The first-order valence-corrected chi connectivity index (χ1v) is 6.55. The fourth-order valence-corrected chi connectivity index (χ4v) is 2.09. The zero-order chi connectivity index (χ0) is 13.9. The summed E-state index contributed by atoms with van der Waals surface area (Å²) in [4.78, 5) is 0. The maximum absolute atomic E-state index is 5.82. The Balaban J connectivity index is 1.89. The number of nitrogens with zero attached hydrogens (tertiary/aromatic N) is 2. The van der Waals surface area contributed by atoms with Gasteiger partial charge >= 0.3 is 0 Å². The number of fused-ring (bicyclic) bond motifs is 1. The standard InChI is InChI=1S/C15H15N3O2/c1-2-3-10-4-6-11(7-5-10)19-13-9-8-12(16)14-15(13)18-20-17-14/h4-9H,2-3,16H2,1H3. The summed E-state index contributed by atoms with van der Waals surface area (Å²) in [6.45, 7) is 2.16. The lowest BCUT2D eigenvalue weighted by molar-refractivity contribution is 0.314. The van der Waals surface area contributed by atoms with Gasteiger partial charge < -0.3 is 10.5 Å². The second-order valence-electron chi connectivity index (χ2n) is 4.61. The Kier molecular flexibility index (Phi) is 3.25. The topological polar surface area (TPSA) is 74.2 Å². The first kappa shape index (κ1) is 12.5. The number of aromatic nitrogens is 2. The van der Waals surface area contributed by atoms with Gasteiger partial charge in [0, 0.05) is 0 Å². The minimum absolute atomic E-state index is 0.519. The van der Waals surface area contributed by atoms with Crippen LogP contribution in [0.1, 0.15) is 18.9 Å². The molecule has 0 aliphatic rings. The maximum atomic E-state index is 5.82. The van der Waals surface area contributed by atoms with E-state index in [4.69, 9.17) is 15.1 Å². The summed E-state index contributed by atoms with van der Waals surface area (Å²) in [5.74, 6) is 1.33. The van der Waals surface area contributed by atoms with Crippen LogP contribution in [0.5, 0.6) is 11.5 Å². The molecule has 2 aromatic carbocycles. The number of benzene rings is 2. The van der Waals surface area contributed by atoms with Crippen molar-refractivity contribution >= 4 is 16.7 Å². The summed E-state index contributed by atoms with van der Waals surface area (Å²) >= 11 is 0. The Bertz CT molecular complexity index is 720. The molecule has 3 aromatic rings. The van der Waals surface area contributed by atoms with Gasteiger partial charge in [0.2, 0.25) is 0 Å². The van der Waals surface area contributed by atoms with E-state index < -0.39 is 0 Å². The second-order valence-corrected chi connectivity index (χ2v) is 4.61. The van der Waals surface area contributed by atoms with Crippen LogP contribution < -0.4 is 10.5 Å². The molecule has 0 spiro atoms. The normalized spacial score (nSPS) is 10.8. The van der Waals surface area contributed by atoms with Gasteiger partial charge in [-0.2, -0.15) is 0 Å². The molecule has 0 aliphatic carbocycles. The zero-order valence-corrected chi connectivity index (χ0v) is 11.2. The van der Waals surface area contributed by atoms with Crippen LogP contribution in [0.2, 0.25) is 0 Å². The van der Waals surface area contributed by atoms with Crippen LogP contribution in [0.3, 0.4) is 0 Å². The molecular weight excluding hydrogens is 254 g/mol. The number of rotatable bonds is 4. The number of hydrogen-bond donors (Lipinski definition) is 1. The van der Waals surface area contributed by atoms with Crippen LogP contribution in [-0.2, 0) is 6.42 Å². The molecule has 102 valence electrons. The number of aryl methyl sites for hydroxylation is 1. The van der Waals surface area contributed by atoms with Crippen LogP contribution in [0.15, 0.2) is 41.0 Å². The largest absolute Gasteiger partial charge is 0.455 e. The van der Waals surface area contributed by atoms with Crippen molar-refractivity contribution in [3.8, 4) is 11.5 Å². The molecule has 0 amide bonds. The van der Waals surface area contributed by atoms with Gasteiger partial charge in [-0.25, -0.2) is 4.63 Å². The highest BCUT2D eigenvalue weighted by Gasteiger charge is 2.11. The summed E-state index contributed by atoms with van der Waals surface area (Å²) in [5, 5.41) is 7.60. The molecule has 3 rings (SSSR count). The van der Waals surface area contributed by atoms with Gasteiger partial charge in [0.15, 0.2) is 16.8 Å². The lowest BCUT2D eigenvalue weighted by atomic mass is 10.1. The van der Waals surface area contributed by atoms with Crippen molar-refractivity contribution in [2.24, 2.45) is 0 Å². The fourth-order valence-electron chi connectivity index (χ4n) is 2.09. The molecule has 1 aromatic heterocycles. The Morgan fingerprint density at radius 2 is 1.80 bits per heavy atom. The molecule has 0 bridgehead atoms. The van der Waals surface area contributed by atoms with Crippen molar-refractivity contribution in [1.29, 1.82) is 0 Å². The highest BCUT2D eigenvalue weighted by Crippen LogP contribution is 2.31. The van der Waals surface area contributed by atoms with Crippen LogP contribution in [-0.4, -0.2) is 10.3 Å². The predicted octanol–water partition coefficient (Wildman–Crippen LogP) is 3.55. The summed E-state index contributed by atoms with van der Waals surface area (Å²) in [5.41, 5.74) is 8.66. The third kappa shape index (κ3) is 2.30. The highest BCUT2D eigenvalue weighted by molar-refractivity contribution is 5.90. The van der Waals surface area contributed by atoms with E-state index in [9.17, 15) is 0 Å². The molecular formula is C15H15N3O2. The summed E-state index contributed by atoms with van der Waals surface area (Å²) in [7, 11) is 0. The van der Waals surface area contributed by atoms with E-state index in [1.54, 1.807) is 12.1 Å². The van der Waals surface area contributed by atoms with Crippen molar-refractivity contribution in [2.75, 3.05) is 5.73 Å². The van der Waals surface area contributed by atoms with Gasteiger partial charge in [-0.15, -0.1) is 0 Å². The summed E-state index contributed by atoms with van der Waals surface area (Å²) < 4.78 is 10.5. The zero-order valence-electron chi connectivity index (χ0n) is 11.2. The van der Waals surface area contributed by atoms with Crippen molar-refractivity contribution in [3.63, 3.8) is 0 Å². The van der Waals surface area contributed by atoms with E-state index in [1.165, 1.54) is 5.56 Å². The van der Waals surface area contributed by atoms with Gasteiger partial charge in [-0.3, -0.25) is 0 Å². The molecule has 0 saturated carbocycles. The van der Waals surface area contributed by atoms with E-state index in [0.29, 0.717) is 22.5 Å². The van der Waals surface area contributed by atoms with Crippen LogP contribution in [0.4, 0.5) is 5.69 Å². The van der Waals surface area contributed by atoms with Gasteiger partial charge in [0.05, 0.1) is 5.69 Å². The monoisotopic (exact) mass is 269 g/mol. The van der Waals surface area contributed by atoms with Crippen molar-refractivity contribution in [1.82, 2.24) is 10.3 Å². The van der Waals surface area contributed by atoms with Crippen LogP contribution in [0, 0.1) is 0 Å². The molecule has 2 N–H and O–H groups in total. The van der Waals surface area contributed by atoms with Crippen molar-refractivity contribution < 1.29 is 9.37 Å². The second kappa shape index (κ2) is 5.21. The molecule has 0 radical (unpaired) electrons. The van der Waals surface area contributed by atoms with E-state index in [-0.39, 0.29) is 0 Å². The maximum Gasteiger partial charge on any atom is 0.179 e. The van der Waals surface area contributed by atoms with Gasteiger partial charge in [-0.05, 0) is 46.6 Å². The molecule has 0 fully saturated rings. The highest BCUT2D eigenvalue weighted by atomic mass is 16.6. The first-order chi connectivity index (χ1) is 9.78. The van der Waals surface area contributed by atoms with E-state index in [1.807, 2.05) is 12.1 Å². The number of nitrogen functional groups attached to an aromatic ring is 1. The molecule has 20 heavy (non-hydrogen) atoms. The Morgan fingerprint density at radius 1 is 1.05 bits per heavy atom. The summed E-state index contributed by atoms with van der Waals surface area (Å²) in [6, 6.07) is 11.5. The molecule has 0 unspecified atom stereocenters. The average molecular weight is 269 g/mol. The SMILES string of the molecule is CCCc1ccc(Oc2ccc(N)c3nonc23)cc1. The van der Waals surface area contributed by atoms with E-state index in [2.05, 4.69) is 29.4 Å². The molecule has 0 aliphatic heterocycles. The van der Waals surface area contributed by atoms with Gasteiger partial charge in [0.25, 0.3) is 0 Å². The van der Waals surface area contributed by atoms with Gasteiger partial charge in [0.1, 0.15) is 5.75 Å². The van der Waals surface area contributed by atoms with Gasteiger partial charge in [-0.1, -0.05) is 25.5 Å². The fraction of sp³-hybridized carbons (Fsp3) is 0.200. The number of hydrogen-bond acceptors (Lipinski definition) is 5. The molecule has 1 heterocycles. The first-order valence-electron chi connectivity index (χ1n) is 6.55. The molecule has 5 nitrogen and oxygen atoms in total. The predicted molar refractivity (Wildman–Crippen MR) is 76.7 cm³/mol. The lowest BCUT2D eigenvalue weighted by Gasteiger charge is -2.07. The molecule has 5 heteroatoms. The summed E-state index contributed by atoms with van der Waals surface area (Å²) in [6.07, 6.45) is 2.20. The van der Waals surface area contributed by atoms with E-state index in [0.717, 1.165) is 18.6 Å². The quantitative estimate of drug-likeness (QED) is 0.733. The average Bonchev–Trinajstić information content (AvgIpc) is 2.95. The third-order valence-corrected chi connectivity index (χ3v) is 3.10. The number of nitrogens with two attached hydrogens (primary N) is 1. The smallest absolute Gasteiger partial charge is 0.179 e. The number of anilines is 1. The minimum atomic E-state index is 0.519. The minimum Gasteiger partial charge on any atom is -0.455 e.